The topological polar surface area (TPSA) is 6.48 Å². The predicted molar refractivity (Wildman–Crippen MR) is 84.6 cm³/mol. The molecule has 3 heteroatoms. The zero-order valence-corrected chi connectivity index (χ0v) is 14.6. The molecule has 0 N–H and O–H groups in total. The van der Waals surface area contributed by atoms with Crippen LogP contribution in [0.3, 0.4) is 0 Å². The maximum absolute atomic E-state index is 2.56. The minimum absolute atomic E-state index is 0.448. The van der Waals surface area contributed by atoms with E-state index in [2.05, 4.69) is 61.8 Å². The van der Waals surface area contributed by atoms with Crippen molar-refractivity contribution in [3.63, 3.8) is 0 Å². The molecule has 0 saturated heterocycles. The van der Waals surface area contributed by atoms with Gasteiger partial charge in [0.1, 0.15) is 0 Å². The van der Waals surface area contributed by atoms with E-state index >= 15 is 0 Å². The first-order valence-electron chi connectivity index (χ1n) is 7.23. The fraction of sp³-hybridized carbons (Fsp3) is 0.600. The van der Waals surface area contributed by atoms with Crippen molar-refractivity contribution in [3.05, 3.63) is 29.8 Å². The minimum atomic E-state index is 0.448. The van der Waals surface area contributed by atoms with Crippen LogP contribution in [0.2, 0.25) is 0 Å². The van der Waals surface area contributed by atoms with Crippen LogP contribution in [0.4, 0.5) is 0 Å². The Morgan fingerprint density at radius 1 is 0.889 bits per heavy atom. The Bertz CT molecular complexity index is 334. The zero-order valence-electron chi connectivity index (χ0n) is 12.6. The molecular formula is C15H28N2Si. The van der Waals surface area contributed by atoms with Crippen molar-refractivity contribution in [1.82, 2.24) is 9.80 Å². The summed E-state index contributed by atoms with van der Waals surface area (Å²) < 4.78 is 0. The molecule has 0 radical (unpaired) electrons. The van der Waals surface area contributed by atoms with Gasteiger partial charge in [0.15, 0.2) is 0 Å². The van der Waals surface area contributed by atoms with Crippen LogP contribution in [-0.2, 0) is 0 Å². The van der Waals surface area contributed by atoms with E-state index in [1.807, 2.05) is 0 Å². The molecule has 0 aliphatic carbocycles. The van der Waals surface area contributed by atoms with Gasteiger partial charge in [-0.3, -0.25) is 9.80 Å². The second-order valence-electron chi connectivity index (χ2n) is 4.67. The Balaban J connectivity index is 3.15. The van der Waals surface area contributed by atoms with Gasteiger partial charge in [0.05, 0.1) is 6.17 Å². The van der Waals surface area contributed by atoms with Crippen LogP contribution in [0.15, 0.2) is 24.3 Å². The molecule has 2 nitrogen and oxygen atoms in total. The van der Waals surface area contributed by atoms with Crippen molar-refractivity contribution in [2.45, 2.75) is 33.9 Å². The SMILES string of the molecule is CCN(CC)C(c1ccccc1[SiH3])N(CC)CC. The van der Waals surface area contributed by atoms with Gasteiger partial charge in [-0.2, -0.15) is 0 Å². The Morgan fingerprint density at radius 2 is 1.33 bits per heavy atom. The lowest BCUT2D eigenvalue weighted by molar-refractivity contribution is 0.0567. The quantitative estimate of drug-likeness (QED) is 0.542. The smallest absolute Gasteiger partial charge is 0.0884 e. The van der Waals surface area contributed by atoms with E-state index in [4.69, 9.17) is 0 Å². The average Bonchev–Trinajstić information content (AvgIpc) is 2.40. The van der Waals surface area contributed by atoms with Crippen molar-refractivity contribution >= 4 is 15.4 Å². The highest BCUT2D eigenvalue weighted by Gasteiger charge is 2.23. The second-order valence-corrected chi connectivity index (χ2v) is 5.75. The van der Waals surface area contributed by atoms with E-state index in [1.54, 1.807) is 0 Å². The van der Waals surface area contributed by atoms with Gasteiger partial charge in [-0.05, 0) is 31.7 Å². The Kier molecular flexibility index (Phi) is 6.61. The molecule has 0 amide bonds. The van der Waals surface area contributed by atoms with Gasteiger partial charge in [0.25, 0.3) is 0 Å². The van der Waals surface area contributed by atoms with E-state index in [0.717, 1.165) is 36.4 Å². The largest absolute Gasteiger partial charge is 0.285 e. The summed E-state index contributed by atoms with van der Waals surface area (Å²) in [5, 5.41) is 1.53. The summed E-state index contributed by atoms with van der Waals surface area (Å²) in [6.45, 7) is 13.5. The number of hydrogen-bond acceptors (Lipinski definition) is 2. The fourth-order valence-corrected chi connectivity index (χ4v) is 3.26. The summed E-state index contributed by atoms with van der Waals surface area (Å²) in [4.78, 5) is 5.12. The van der Waals surface area contributed by atoms with Crippen LogP contribution in [0.1, 0.15) is 39.4 Å². The molecule has 0 bridgehead atoms. The number of hydrogen-bond donors (Lipinski definition) is 0. The fourth-order valence-electron chi connectivity index (χ4n) is 2.64. The summed E-state index contributed by atoms with van der Waals surface area (Å²) in [5.74, 6) is 0. The van der Waals surface area contributed by atoms with E-state index in [0.29, 0.717) is 6.17 Å². The van der Waals surface area contributed by atoms with Crippen molar-refractivity contribution in [1.29, 1.82) is 0 Å². The summed E-state index contributed by atoms with van der Waals surface area (Å²) in [6.07, 6.45) is 0.448. The Labute approximate surface area is 115 Å². The highest BCUT2D eigenvalue weighted by Crippen LogP contribution is 2.22. The van der Waals surface area contributed by atoms with Crippen molar-refractivity contribution in [3.8, 4) is 0 Å². The molecule has 1 rings (SSSR count). The Morgan fingerprint density at radius 3 is 1.72 bits per heavy atom. The maximum atomic E-state index is 2.56. The van der Waals surface area contributed by atoms with Gasteiger partial charge in [0.2, 0.25) is 0 Å². The van der Waals surface area contributed by atoms with E-state index in [-0.39, 0.29) is 0 Å². The number of nitrogens with zero attached hydrogens (tertiary/aromatic N) is 2. The predicted octanol–water partition coefficient (Wildman–Crippen LogP) is 1.36. The molecule has 0 spiro atoms. The summed E-state index contributed by atoms with van der Waals surface area (Å²) in [5.41, 5.74) is 1.51. The van der Waals surface area contributed by atoms with Crippen LogP contribution in [0.25, 0.3) is 0 Å². The van der Waals surface area contributed by atoms with Gasteiger partial charge < -0.3 is 0 Å². The minimum Gasteiger partial charge on any atom is -0.285 e. The summed E-state index contributed by atoms with van der Waals surface area (Å²) in [6, 6.07) is 8.93. The molecular weight excluding hydrogens is 236 g/mol. The van der Waals surface area contributed by atoms with Crippen LogP contribution in [-0.4, -0.2) is 46.2 Å². The third kappa shape index (κ3) is 3.43. The highest BCUT2D eigenvalue weighted by atomic mass is 28.1. The molecule has 0 fully saturated rings. The van der Waals surface area contributed by atoms with Gasteiger partial charge in [-0.1, -0.05) is 57.1 Å². The molecule has 0 unspecified atom stereocenters. The van der Waals surface area contributed by atoms with Gasteiger partial charge in [-0.15, -0.1) is 0 Å². The molecule has 0 aromatic heterocycles. The third-order valence-electron chi connectivity index (χ3n) is 3.78. The molecule has 1 aromatic rings. The number of benzene rings is 1. The Hall–Kier alpha value is -0.643. The van der Waals surface area contributed by atoms with Crippen molar-refractivity contribution in [2.24, 2.45) is 0 Å². The lowest BCUT2D eigenvalue weighted by Gasteiger charge is -2.39. The van der Waals surface area contributed by atoms with E-state index in [1.165, 1.54) is 10.8 Å². The molecule has 102 valence electrons. The average molecular weight is 264 g/mol. The van der Waals surface area contributed by atoms with Gasteiger partial charge in [-0.25, -0.2) is 0 Å². The summed E-state index contributed by atoms with van der Waals surface area (Å²) in [7, 11) is 1.12. The van der Waals surface area contributed by atoms with Crippen molar-refractivity contribution in [2.75, 3.05) is 26.2 Å². The van der Waals surface area contributed by atoms with Gasteiger partial charge in [0, 0.05) is 10.2 Å². The van der Waals surface area contributed by atoms with Crippen LogP contribution >= 0.6 is 0 Å². The monoisotopic (exact) mass is 264 g/mol. The zero-order chi connectivity index (χ0) is 13.5. The molecule has 0 saturated carbocycles. The third-order valence-corrected chi connectivity index (χ3v) is 4.69. The molecule has 18 heavy (non-hydrogen) atoms. The van der Waals surface area contributed by atoms with Crippen LogP contribution in [0.5, 0.6) is 0 Å². The molecule has 0 atom stereocenters. The van der Waals surface area contributed by atoms with Gasteiger partial charge >= 0.3 is 0 Å². The second kappa shape index (κ2) is 7.72. The first kappa shape index (κ1) is 15.4. The normalized spacial score (nSPS) is 11.9. The maximum Gasteiger partial charge on any atom is 0.0884 e. The lowest BCUT2D eigenvalue weighted by atomic mass is 10.1. The molecule has 1 aromatic carbocycles. The molecule has 0 heterocycles. The first-order valence-corrected chi connectivity index (χ1v) is 8.23. The van der Waals surface area contributed by atoms with Crippen LogP contribution in [0, 0.1) is 0 Å². The standard InChI is InChI=1S/C15H28N2Si/c1-5-16(6-2)15(17(7-3)8-4)13-11-9-10-12-14(13)18/h9-12,15H,5-8H2,1-4,18H3. The highest BCUT2D eigenvalue weighted by molar-refractivity contribution is 6.33. The summed E-state index contributed by atoms with van der Waals surface area (Å²) >= 11 is 0. The first-order chi connectivity index (χ1) is 8.69. The van der Waals surface area contributed by atoms with Crippen LogP contribution < -0.4 is 5.19 Å². The lowest BCUT2D eigenvalue weighted by Crippen LogP contribution is -2.43. The molecule has 0 aliphatic rings. The van der Waals surface area contributed by atoms with E-state index < -0.39 is 0 Å². The number of rotatable bonds is 7. The molecule has 0 aliphatic heterocycles. The van der Waals surface area contributed by atoms with E-state index in [9.17, 15) is 0 Å². The van der Waals surface area contributed by atoms with Crippen molar-refractivity contribution < 1.29 is 0 Å².